The van der Waals surface area contributed by atoms with Crippen LogP contribution in [0.4, 0.5) is 0 Å². The van der Waals surface area contributed by atoms with Crippen LogP contribution in [0, 0.1) is 6.92 Å². The van der Waals surface area contributed by atoms with E-state index >= 15 is 0 Å². The van der Waals surface area contributed by atoms with Gasteiger partial charge in [-0.3, -0.25) is 9.78 Å². The van der Waals surface area contributed by atoms with Crippen LogP contribution in [0.2, 0.25) is 0 Å². The summed E-state index contributed by atoms with van der Waals surface area (Å²) in [4.78, 5) is 18.3. The average Bonchev–Trinajstić information content (AvgIpc) is 2.56. The van der Waals surface area contributed by atoms with Crippen molar-refractivity contribution in [1.29, 1.82) is 0 Å². The first-order valence-corrected chi connectivity index (χ1v) is 7.39. The van der Waals surface area contributed by atoms with Gasteiger partial charge in [0, 0.05) is 31.5 Å². The Kier molecular flexibility index (Phi) is 5.57. The Morgan fingerprint density at radius 3 is 2.61 bits per heavy atom. The molecule has 0 saturated heterocycles. The van der Waals surface area contributed by atoms with E-state index in [0.29, 0.717) is 18.0 Å². The fraction of sp³-hybridized carbons (Fsp3) is 0.333. The highest BCUT2D eigenvalue weighted by molar-refractivity contribution is 5.79. The first kappa shape index (κ1) is 16.8. The standard InChI is InChI=1S/C18H22N2O3/c1-13-11-19-8-7-14(13)12-20(2)18(21)10-15-9-16(22-3)5-6-17(15)23-4/h5-9,11H,10,12H2,1-4H3. The molecule has 1 aromatic carbocycles. The molecular weight excluding hydrogens is 292 g/mol. The number of aromatic nitrogens is 1. The average molecular weight is 314 g/mol. The molecule has 5 nitrogen and oxygen atoms in total. The minimum absolute atomic E-state index is 0.0211. The van der Waals surface area contributed by atoms with E-state index in [1.54, 1.807) is 38.6 Å². The van der Waals surface area contributed by atoms with E-state index in [9.17, 15) is 4.79 Å². The van der Waals surface area contributed by atoms with Gasteiger partial charge >= 0.3 is 0 Å². The summed E-state index contributed by atoms with van der Waals surface area (Å²) in [6.07, 6.45) is 3.81. The molecular formula is C18H22N2O3. The Hall–Kier alpha value is -2.56. The van der Waals surface area contributed by atoms with Gasteiger partial charge in [0.05, 0.1) is 20.6 Å². The summed E-state index contributed by atoms with van der Waals surface area (Å²) < 4.78 is 10.5. The summed E-state index contributed by atoms with van der Waals surface area (Å²) in [6, 6.07) is 7.40. The summed E-state index contributed by atoms with van der Waals surface area (Å²) in [7, 11) is 5.00. The van der Waals surface area contributed by atoms with E-state index in [4.69, 9.17) is 9.47 Å². The van der Waals surface area contributed by atoms with E-state index in [2.05, 4.69) is 4.98 Å². The lowest BCUT2D eigenvalue weighted by Gasteiger charge is -2.19. The second-order valence-corrected chi connectivity index (χ2v) is 5.41. The van der Waals surface area contributed by atoms with Gasteiger partial charge in [0.1, 0.15) is 11.5 Å². The Bertz CT molecular complexity index is 686. The zero-order valence-corrected chi connectivity index (χ0v) is 14.0. The van der Waals surface area contributed by atoms with Gasteiger partial charge < -0.3 is 14.4 Å². The van der Waals surface area contributed by atoms with E-state index in [1.165, 1.54) is 0 Å². The van der Waals surface area contributed by atoms with E-state index < -0.39 is 0 Å². The number of methoxy groups -OCH3 is 2. The highest BCUT2D eigenvalue weighted by Crippen LogP contribution is 2.25. The van der Waals surface area contributed by atoms with Crippen molar-refractivity contribution in [2.24, 2.45) is 0 Å². The number of nitrogens with zero attached hydrogens (tertiary/aromatic N) is 2. The predicted octanol–water partition coefficient (Wildman–Crippen LogP) is 2.61. The van der Waals surface area contributed by atoms with Crippen LogP contribution in [0.3, 0.4) is 0 Å². The smallest absolute Gasteiger partial charge is 0.227 e. The van der Waals surface area contributed by atoms with Crippen molar-refractivity contribution in [1.82, 2.24) is 9.88 Å². The van der Waals surface area contributed by atoms with E-state index in [0.717, 1.165) is 16.7 Å². The first-order chi connectivity index (χ1) is 11.0. The Labute approximate surface area is 136 Å². The molecule has 0 N–H and O–H groups in total. The number of benzene rings is 1. The number of hydrogen-bond acceptors (Lipinski definition) is 4. The van der Waals surface area contributed by atoms with Crippen LogP contribution >= 0.6 is 0 Å². The van der Waals surface area contributed by atoms with Crippen LogP contribution in [-0.2, 0) is 17.8 Å². The zero-order chi connectivity index (χ0) is 16.8. The maximum atomic E-state index is 12.5. The minimum Gasteiger partial charge on any atom is -0.497 e. The third-order valence-electron chi connectivity index (χ3n) is 3.80. The molecule has 0 spiro atoms. The van der Waals surface area contributed by atoms with Gasteiger partial charge in [0.15, 0.2) is 0 Å². The molecule has 0 atom stereocenters. The number of pyridine rings is 1. The molecule has 0 fully saturated rings. The number of carbonyl (C=O) groups excluding carboxylic acids is 1. The van der Waals surface area contributed by atoms with Crippen molar-refractivity contribution in [2.75, 3.05) is 21.3 Å². The molecule has 1 heterocycles. The summed E-state index contributed by atoms with van der Waals surface area (Å²) in [6.45, 7) is 2.55. The predicted molar refractivity (Wildman–Crippen MR) is 88.7 cm³/mol. The normalized spacial score (nSPS) is 10.3. The number of aryl methyl sites for hydroxylation is 1. The number of hydrogen-bond donors (Lipinski definition) is 0. The van der Waals surface area contributed by atoms with Gasteiger partial charge in [-0.05, 0) is 42.3 Å². The van der Waals surface area contributed by atoms with Crippen LogP contribution in [0.5, 0.6) is 11.5 Å². The van der Waals surface area contributed by atoms with Crippen LogP contribution in [-0.4, -0.2) is 37.1 Å². The quantitative estimate of drug-likeness (QED) is 0.822. The van der Waals surface area contributed by atoms with Gasteiger partial charge in [0.25, 0.3) is 0 Å². The molecule has 5 heteroatoms. The molecule has 2 aromatic rings. The maximum Gasteiger partial charge on any atom is 0.227 e. The number of amides is 1. The van der Waals surface area contributed by atoms with Crippen LogP contribution in [0.1, 0.15) is 16.7 Å². The molecule has 0 aliphatic heterocycles. The van der Waals surface area contributed by atoms with Crippen molar-refractivity contribution < 1.29 is 14.3 Å². The second-order valence-electron chi connectivity index (χ2n) is 5.41. The first-order valence-electron chi connectivity index (χ1n) is 7.39. The lowest BCUT2D eigenvalue weighted by atomic mass is 10.1. The largest absolute Gasteiger partial charge is 0.497 e. The highest BCUT2D eigenvalue weighted by atomic mass is 16.5. The van der Waals surface area contributed by atoms with Crippen molar-refractivity contribution in [3.8, 4) is 11.5 Å². The molecule has 0 bridgehead atoms. The Balaban J connectivity index is 2.10. The number of ether oxygens (including phenoxy) is 2. The van der Waals surface area contributed by atoms with Gasteiger partial charge in [-0.15, -0.1) is 0 Å². The van der Waals surface area contributed by atoms with Gasteiger partial charge in [-0.25, -0.2) is 0 Å². The third-order valence-corrected chi connectivity index (χ3v) is 3.80. The van der Waals surface area contributed by atoms with Crippen molar-refractivity contribution >= 4 is 5.91 Å². The molecule has 122 valence electrons. The molecule has 23 heavy (non-hydrogen) atoms. The molecule has 0 aliphatic rings. The highest BCUT2D eigenvalue weighted by Gasteiger charge is 2.15. The summed E-state index contributed by atoms with van der Waals surface area (Å²) in [5.74, 6) is 1.42. The van der Waals surface area contributed by atoms with Gasteiger partial charge in [-0.1, -0.05) is 0 Å². The third kappa shape index (κ3) is 4.22. The Morgan fingerprint density at radius 1 is 1.17 bits per heavy atom. The molecule has 2 rings (SSSR count). The van der Waals surface area contributed by atoms with E-state index in [1.807, 2.05) is 31.2 Å². The topological polar surface area (TPSA) is 51.7 Å². The maximum absolute atomic E-state index is 12.5. The lowest BCUT2D eigenvalue weighted by Crippen LogP contribution is -2.28. The number of rotatable bonds is 6. The van der Waals surface area contributed by atoms with Crippen LogP contribution in [0.15, 0.2) is 36.7 Å². The van der Waals surface area contributed by atoms with Gasteiger partial charge in [0.2, 0.25) is 5.91 Å². The van der Waals surface area contributed by atoms with Crippen LogP contribution < -0.4 is 9.47 Å². The monoisotopic (exact) mass is 314 g/mol. The fourth-order valence-corrected chi connectivity index (χ4v) is 2.34. The summed E-state index contributed by atoms with van der Waals surface area (Å²) >= 11 is 0. The molecule has 0 radical (unpaired) electrons. The van der Waals surface area contributed by atoms with Crippen LogP contribution in [0.25, 0.3) is 0 Å². The fourth-order valence-electron chi connectivity index (χ4n) is 2.34. The Morgan fingerprint density at radius 2 is 1.96 bits per heavy atom. The number of carbonyl (C=O) groups is 1. The lowest BCUT2D eigenvalue weighted by molar-refractivity contribution is -0.129. The van der Waals surface area contributed by atoms with E-state index in [-0.39, 0.29) is 12.3 Å². The summed E-state index contributed by atoms with van der Waals surface area (Å²) in [5, 5.41) is 0. The van der Waals surface area contributed by atoms with Gasteiger partial charge in [-0.2, -0.15) is 0 Å². The van der Waals surface area contributed by atoms with Crippen molar-refractivity contribution in [3.05, 3.63) is 53.3 Å². The molecule has 1 aromatic heterocycles. The molecule has 0 aliphatic carbocycles. The summed E-state index contributed by atoms with van der Waals surface area (Å²) in [5.41, 5.74) is 2.98. The van der Waals surface area contributed by atoms with Crippen molar-refractivity contribution in [3.63, 3.8) is 0 Å². The van der Waals surface area contributed by atoms with Crippen molar-refractivity contribution in [2.45, 2.75) is 19.9 Å². The minimum atomic E-state index is 0.0211. The zero-order valence-electron chi connectivity index (χ0n) is 14.0. The molecule has 1 amide bonds. The second kappa shape index (κ2) is 7.63. The molecule has 0 unspecified atom stereocenters. The molecule has 0 saturated carbocycles. The number of likely N-dealkylation sites (N-methyl/N-ethyl adjacent to an activating group) is 1. The SMILES string of the molecule is COc1ccc(OC)c(CC(=O)N(C)Cc2ccncc2C)c1.